The third-order valence-corrected chi connectivity index (χ3v) is 9.93. The molecular weight excluding hydrogens is 675 g/mol. The van der Waals surface area contributed by atoms with Crippen LogP contribution in [0.2, 0.25) is 0 Å². The molecule has 3 heterocycles. The molecule has 3 amide bonds. The summed E-state index contributed by atoms with van der Waals surface area (Å²) in [5.74, 6) is -0.529. The van der Waals surface area contributed by atoms with Gasteiger partial charge in [0.05, 0.1) is 6.04 Å². The Bertz CT molecular complexity index is 1780. The van der Waals surface area contributed by atoms with Gasteiger partial charge in [-0.05, 0) is 115 Å². The van der Waals surface area contributed by atoms with E-state index in [2.05, 4.69) is 36.2 Å². The van der Waals surface area contributed by atoms with E-state index < -0.39 is 30.1 Å². The molecule has 0 radical (unpaired) electrons. The Morgan fingerprint density at radius 2 is 1.73 bits per heavy atom. The van der Waals surface area contributed by atoms with Gasteiger partial charge in [0.2, 0.25) is 11.8 Å². The molecule has 0 spiro atoms. The Hall–Kier alpha value is -4.79. The van der Waals surface area contributed by atoms with Gasteiger partial charge in [-0.2, -0.15) is 0 Å². The van der Waals surface area contributed by atoms with E-state index in [1.54, 1.807) is 41.4 Å². The zero-order valence-corrected chi connectivity index (χ0v) is 29.2. The summed E-state index contributed by atoms with van der Waals surface area (Å²) >= 11 is 0. The van der Waals surface area contributed by atoms with Crippen LogP contribution in [0.1, 0.15) is 53.7 Å². The number of alkyl halides is 1. The molecule has 270 valence electrons. The molecule has 2 aromatic heterocycles. The SMILES string of the molecule is Cc1cc(C(=O)NC2CCNCC2F)ncc1-c1ccc(C[C@@H](C(N)=O)N(c2ccc(-c3nnn[nH]3)cc2)C(=O)[C@H]2CC[C@H](CN)CC2)cc1.Cl. The highest BCUT2D eigenvalue weighted by molar-refractivity contribution is 6.02. The number of amides is 3. The number of benzene rings is 2. The van der Waals surface area contributed by atoms with Crippen LogP contribution in [0.5, 0.6) is 0 Å². The first-order valence-corrected chi connectivity index (χ1v) is 17.1. The number of aromatic amines is 1. The van der Waals surface area contributed by atoms with Crippen LogP contribution in [0.25, 0.3) is 22.5 Å². The van der Waals surface area contributed by atoms with Gasteiger partial charge < -0.3 is 22.1 Å². The molecule has 1 saturated heterocycles. The zero-order chi connectivity index (χ0) is 35.2. The molecule has 3 atom stereocenters. The fourth-order valence-electron chi connectivity index (χ4n) is 6.93. The number of nitrogens with one attached hydrogen (secondary N) is 3. The molecule has 2 aromatic carbocycles. The van der Waals surface area contributed by atoms with Gasteiger partial charge in [0.1, 0.15) is 17.9 Å². The quantitative estimate of drug-likeness (QED) is 0.155. The van der Waals surface area contributed by atoms with Crippen LogP contribution in [0, 0.1) is 18.8 Å². The highest BCUT2D eigenvalue weighted by Crippen LogP contribution is 2.33. The van der Waals surface area contributed by atoms with E-state index in [0.29, 0.717) is 49.8 Å². The minimum atomic E-state index is -1.15. The van der Waals surface area contributed by atoms with E-state index in [1.165, 1.54) is 0 Å². The zero-order valence-electron chi connectivity index (χ0n) is 28.4. The number of carbonyl (C=O) groups excluding carboxylic acids is 3. The number of hydrogen-bond acceptors (Lipinski definition) is 9. The summed E-state index contributed by atoms with van der Waals surface area (Å²) in [7, 11) is 0. The average Bonchev–Trinajstić information content (AvgIpc) is 3.68. The van der Waals surface area contributed by atoms with Crippen molar-refractivity contribution in [3.8, 4) is 22.5 Å². The minimum absolute atomic E-state index is 0. The Labute approximate surface area is 301 Å². The van der Waals surface area contributed by atoms with Crippen LogP contribution in [-0.2, 0) is 16.0 Å². The summed E-state index contributed by atoms with van der Waals surface area (Å²) in [5, 5.41) is 19.7. The van der Waals surface area contributed by atoms with Gasteiger partial charge in [-0.15, -0.1) is 17.5 Å². The number of primary amides is 1. The third kappa shape index (κ3) is 8.75. The molecule has 2 aliphatic rings. The number of pyridine rings is 1. The lowest BCUT2D eigenvalue weighted by molar-refractivity contribution is -0.127. The van der Waals surface area contributed by atoms with Crippen molar-refractivity contribution in [2.75, 3.05) is 24.5 Å². The van der Waals surface area contributed by atoms with E-state index in [1.807, 2.05) is 31.2 Å². The fourth-order valence-corrected chi connectivity index (χ4v) is 6.93. The van der Waals surface area contributed by atoms with Gasteiger partial charge in [0.15, 0.2) is 5.82 Å². The van der Waals surface area contributed by atoms with Crippen LogP contribution in [0.4, 0.5) is 10.1 Å². The molecule has 51 heavy (non-hydrogen) atoms. The third-order valence-electron chi connectivity index (χ3n) is 9.93. The molecule has 1 aliphatic heterocycles. The number of rotatable bonds is 11. The number of piperidine rings is 1. The van der Waals surface area contributed by atoms with E-state index in [9.17, 15) is 18.8 Å². The number of H-pyrrole nitrogens is 1. The van der Waals surface area contributed by atoms with E-state index in [4.69, 9.17) is 11.5 Å². The lowest BCUT2D eigenvalue weighted by Crippen LogP contribution is -2.52. The van der Waals surface area contributed by atoms with E-state index >= 15 is 0 Å². The molecule has 0 bridgehead atoms. The number of nitrogens with two attached hydrogens (primary N) is 2. The second-order valence-corrected chi connectivity index (χ2v) is 13.3. The molecule has 13 nitrogen and oxygen atoms in total. The number of carbonyl (C=O) groups is 3. The smallest absolute Gasteiger partial charge is 0.270 e. The summed E-state index contributed by atoms with van der Waals surface area (Å²) in [5.41, 5.74) is 16.8. The Kier molecular flexibility index (Phi) is 12.4. The predicted octanol–water partition coefficient (Wildman–Crippen LogP) is 3.28. The number of hydrogen-bond donors (Lipinski definition) is 5. The molecule has 1 saturated carbocycles. The topological polar surface area (TPSA) is 198 Å². The van der Waals surface area contributed by atoms with Crippen molar-refractivity contribution in [3.63, 3.8) is 0 Å². The molecule has 1 aliphatic carbocycles. The van der Waals surface area contributed by atoms with Gasteiger partial charge in [-0.25, -0.2) is 9.49 Å². The van der Waals surface area contributed by atoms with Crippen molar-refractivity contribution in [2.24, 2.45) is 23.3 Å². The van der Waals surface area contributed by atoms with Crippen LogP contribution in [0.3, 0.4) is 0 Å². The van der Waals surface area contributed by atoms with Crippen LogP contribution < -0.4 is 27.0 Å². The Morgan fingerprint density at radius 3 is 2.33 bits per heavy atom. The summed E-state index contributed by atoms with van der Waals surface area (Å²) in [6.07, 6.45) is 4.32. The average molecular weight is 719 g/mol. The second-order valence-electron chi connectivity index (χ2n) is 13.3. The minimum Gasteiger partial charge on any atom is -0.368 e. The standard InChI is InChI=1S/C36H43FN10O3.ClH/c1-21-16-31(35(49)42-30-14-15-40-20-29(30)37)41-19-28(21)24-6-2-22(3-7-24)17-32(33(39)48)47(36(50)26-8-4-23(18-38)5-9-26)27-12-10-25(11-13-27)34-43-45-46-44-34;/h2-3,6-7,10-13,16,19,23,26,29-30,32,40H,4-5,8-9,14-15,17-18,20,38H2,1H3,(H2,39,48)(H,42,49)(H,43,44,45,46);1H/t23-,26-,29?,30?,32-;/m0./s1. The largest absolute Gasteiger partial charge is 0.368 e. The van der Waals surface area contributed by atoms with Crippen molar-refractivity contribution in [1.82, 2.24) is 36.2 Å². The van der Waals surface area contributed by atoms with Crippen molar-refractivity contribution in [1.29, 1.82) is 0 Å². The highest BCUT2D eigenvalue weighted by Gasteiger charge is 2.36. The predicted molar refractivity (Wildman–Crippen MR) is 194 cm³/mol. The van der Waals surface area contributed by atoms with Gasteiger partial charge in [-0.3, -0.25) is 24.3 Å². The molecule has 7 N–H and O–H groups in total. The molecule has 4 aromatic rings. The van der Waals surface area contributed by atoms with E-state index in [-0.39, 0.29) is 42.9 Å². The summed E-state index contributed by atoms with van der Waals surface area (Å²) in [6.45, 7) is 3.35. The highest BCUT2D eigenvalue weighted by atomic mass is 35.5. The number of aromatic nitrogens is 5. The van der Waals surface area contributed by atoms with Gasteiger partial charge in [0.25, 0.3) is 5.91 Å². The Morgan fingerprint density at radius 1 is 1.02 bits per heavy atom. The van der Waals surface area contributed by atoms with E-state index in [0.717, 1.165) is 40.7 Å². The van der Waals surface area contributed by atoms with Crippen LogP contribution >= 0.6 is 12.4 Å². The number of anilines is 1. The second kappa shape index (κ2) is 16.9. The van der Waals surface area contributed by atoms with Crippen LogP contribution in [0.15, 0.2) is 60.8 Å². The first-order valence-electron chi connectivity index (χ1n) is 17.1. The van der Waals surface area contributed by atoms with Crippen molar-refractivity contribution in [3.05, 3.63) is 77.6 Å². The maximum absolute atomic E-state index is 14.2. The molecule has 2 fully saturated rings. The number of aryl methyl sites for hydroxylation is 1. The summed E-state index contributed by atoms with van der Waals surface area (Å²) < 4.78 is 14.2. The Balaban J connectivity index is 0.00000504. The van der Waals surface area contributed by atoms with Gasteiger partial charge >= 0.3 is 0 Å². The molecule has 15 heteroatoms. The fraction of sp³-hybridized carbons (Fsp3) is 0.417. The van der Waals surface area contributed by atoms with Crippen molar-refractivity contribution >= 4 is 35.8 Å². The molecular formula is C36H44ClFN10O3. The number of nitrogens with zero attached hydrogens (tertiary/aromatic N) is 5. The molecule has 2 unspecified atom stereocenters. The van der Waals surface area contributed by atoms with Crippen LogP contribution in [-0.4, -0.2) is 81.2 Å². The summed E-state index contributed by atoms with van der Waals surface area (Å²) in [4.78, 5) is 46.1. The maximum Gasteiger partial charge on any atom is 0.270 e. The first kappa shape index (κ1) is 37.5. The lowest BCUT2D eigenvalue weighted by atomic mass is 9.81. The van der Waals surface area contributed by atoms with Crippen molar-refractivity contribution in [2.45, 2.75) is 63.7 Å². The monoisotopic (exact) mass is 718 g/mol. The summed E-state index contributed by atoms with van der Waals surface area (Å²) in [6, 6.07) is 15.0. The van der Waals surface area contributed by atoms with Gasteiger partial charge in [0, 0.05) is 41.9 Å². The first-order chi connectivity index (χ1) is 24.2. The maximum atomic E-state index is 14.2. The lowest BCUT2D eigenvalue weighted by Gasteiger charge is -2.35. The molecule has 6 rings (SSSR count). The van der Waals surface area contributed by atoms with Gasteiger partial charge in [-0.1, -0.05) is 24.3 Å². The number of halogens is 2. The van der Waals surface area contributed by atoms with Crippen molar-refractivity contribution < 1.29 is 18.8 Å². The number of tetrazole rings is 1. The normalized spacial score (nSPS) is 20.8.